The number of aromatic hydroxyl groups is 1. The highest BCUT2D eigenvalue weighted by Crippen LogP contribution is 2.43. The van der Waals surface area contributed by atoms with Crippen molar-refractivity contribution in [3.05, 3.63) is 132 Å². The second-order valence-corrected chi connectivity index (χ2v) is 13.4. The molecule has 2 aromatic heterocycles. The van der Waals surface area contributed by atoms with Gasteiger partial charge in [0.25, 0.3) is 0 Å². The SMILES string of the molecule is CC(C)c1ccc2c(-c3ccccc3)nc(-c3cccc(-c4nc5ccccc5n4-c4c(C(C)C)cccc4C(C)C)c3O)cc2c1. The normalized spacial score (nSPS) is 11.9. The van der Waals surface area contributed by atoms with Gasteiger partial charge in [-0.25, -0.2) is 9.97 Å². The van der Waals surface area contributed by atoms with E-state index in [1.54, 1.807) is 0 Å². The first kappa shape index (κ1) is 30.4. The number of fused-ring (bicyclic) bond motifs is 2. The van der Waals surface area contributed by atoms with Crippen LogP contribution in [0.1, 0.15) is 76.0 Å². The van der Waals surface area contributed by atoms with Crippen LogP contribution in [-0.2, 0) is 0 Å². The first-order valence-corrected chi connectivity index (χ1v) is 16.7. The fraction of sp³-hybridized carbons (Fsp3) is 0.209. The summed E-state index contributed by atoms with van der Waals surface area (Å²) in [7, 11) is 0. The van der Waals surface area contributed by atoms with E-state index >= 15 is 0 Å². The van der Waals surface area contributed by atoms with E-state index in [0.717, 1.165) is 44.4 Å². The monoisotopic (exact) mass is 615 g/mol. The third-order valence-corrected chi connectivity index (χ3v) is 9.25. The zero-order valence-corrected chi connectivity index (χ0v) is 28.0. The van der Waals surface area contributed by atoms with E-state index in [1.165, 1.54) is 16.7 Å². The van der Waals surface area contributed by atoms with Crippen molar-refractivity contribution in [1.29, 1.82) is 0 Å². The summed E-state index contributed by atoms with van der Waals surface area (Å²) >= 11 is 0. The zero-order valence-electron chi connectivity index (χ0n) is 28.0. The van der Waals surface area contributed by atoms with Crippen molar-refractivity contribution in [3.63, 3.8) is 0 Å². The largest absolute Gasteiger partial charge is 0.506 e. The quantitative estimate of drug-likeness (QED) is 0.194. The van der Waals surface area contributed by atoms with Crippen LogP contribution in [0.5, 0.6) is 5.75 Å². The molecule has 0 bridgehead atoms. The molecule has 0 radical (unpaired) electrons. The number of hydrogen-bond donors (Lipinski definition) is 1. The molecular formula is C43H41N3O. The van der Waals surface area contributed by atoms with Crippen LogP contribution in [-0.4, -0.2) is 19.6 Å². The van der Waals surface area contributed by atoms with Crippen molar-refractivity contribution in [2.45, 2.75) is 59.3 Å². The third kappa shape index (κ3) is 5.38. The van der Waals surface area contributed by atoms with Crippen molar-refractivity contribution >= 4 is 21.8 Å². The molecule has 0 fully saturated rings. The van der Waals surface area contributed by atoms with Gasteiger partial charge in [-0.1, -0.05) is 126 Å². The smallest absolute Gasteiger partial charge is 0.149 e. The van der Waals surface area contributed by atoms with Gasteiger partial charge in [0.15, 0.2) is 0 Å². The van der Waals surface area contributed by atoms with E-state index < -0.39 is 0 Å². The van der Waals surface area contributed by atoms with E-state index in [9.17, 15) is 5.11 Å². The Bertz CT molecular complexity index is 2220. The summed E-state index contributed by atoms with van der Waals surface area (Å²) in [4.78, 5) is 10.4. The van der Waals surface area contributed by atoms with Gasteiger partial charge in [0.05, 0.1) is 33.7 Å². The van der Waals surface area contributed by atoms with Crippen molar-refractivity contribution < 1.29 is 5.11 Å². The minimum absolute atomic E-state index is 0.169. The van der Waals surface area contributed by atoms with Crippen LogP contribution in [0, 0.1) is 0 Å². The molecule has 0 aliphatic carbocycles. The number of rotatable bonds is 7. The Labute approximate surface area is 277 Å². The summed E-state index contributed by atoms with van der Waals surface area (Å²) < 4.78 is 2.26. The number of phenolic OH excluding ortho intramolecular Hbond substituents is 1. The molecule has 0 saturated carbocycles. The number of phenols is 1. The van der Waals surface area contributed by atoms with Gasteiger partial charge < -0.3 is 5.11 Å². The molecule has 234 valence electrons. The minimum Gasteiger partial charge on any atom is -0.506 e. The highest BCUT2D eigenvalue weighted by molar-refractivity contribution is 5.98. The molecule has 0 aliphatic rings. The van der Waals surface area contributed by atoms with Crippen LogP contribution in [0.2, 0.25) is 0 Å². The Morgan fingerprint density at radius 1 is 0.596 bits per heavy atom. The lowest BCUT2D eigenvalue weighted by atomic mass is 9.92. The standard InChI is InChI=1S/C43H41N3O/c1-26(2)30-22-23-34-31(24-30)25-38(44-40(34)29-14-8-7-9-15-29)35-18-13-19-36(42(35)47)43-45-37-20-10-11-21-39(37)46(43)41-32(27(3)4)16-12-17-33(41)28(5)6/h7-28,47H,1-6H3. The third-order valence-electron chi connectivity index (χ3n) is 9.25. The van der Waals surface area contributed by atoms with E-state index in [2.05, 4.69) is 113 Å². The zero-order chi connectivity index (χ0) is 32.8. The van der Waals surface area contributed by atoms with Gasteiger partial charge in [-0.15, -0.1) is 0 Å². The lowest BCUT2D eigenvalue weighted by Gasteiger charge is -2.23. The highest BCUT2D eigenvalue weighted by Gasteiger charge is 2.24. The first-order valence-electron chi connectivity index (χ1n) is 16.7. The van der Waals surface area contributed by atoms with E-state index in [0.29, 0.717) is 34.7 Å². The first-order chi connectivity index (χ1) is 22.7. The summed E-state index contributed by atoms with van der Waals surface area (Å²) in [6.45, 7) is 13.4. The second kappa shape index (κ2) is 12.2. The summed E-state index contributed by atoms with van der Waals surface area (Å²) in [5, 5.41) is 14.4. The Hall–Kier alpha value is -5.22. The molecule has 0 atom stereocenters. The Morgan fingerprint density at radius 3 is 1.96 bits per heavy atom. The van der Waals surface area contributed by atoms with Gasteiger partial charge in [-0.2, -0.15) is 0 Å². The topological polar surface area (TPSA) is 50.9 Å². The van der Waals surface area contributed by atoms with Crippen molar-refractivity contribution in [2.24, 2.45) is 0 Å². The molecule has 0 spiro atoms. The average molecular weight is 616 g/mol. The number of nitrogens with zero attached hydrogens (tertiary/aromatic N) is 3. The molecule has 7 rings (SSSR count). The van der Waals surface area contributed by atoms with Crippen molar-refractivity contribution in [3.8, 4) is 45.3 Å². The highest BCUT2D eigenvalue weighted by atomic mass is 16.3. The van der Waals surface area contributed by atoms with Crippen LogP contribution in [0.3, 0.4) is 0 Å². The lowest BCUT2D eigenvalue weighted by Crippen LogP contribution is -2.08. The van der Waals surface area contributed by atoms with Gasteiger partial charge in [-0.3, -0.25) is 4.57 Å². The summed E-state index contributed by atoms with van der Waals surface area (Å²) in [5.74, 6) is 1.87. The molecule has 0 saturated heterocycles. The fourth-order valence-corrected chi connectivity index (χ4v) is 6.72. The fourth-order valence-electron chi connectivity index (χ4n) is 6.72. The van der Waals surface area contributed by atoms with Crippen LogP contribution < -0.4 is 0 Å². The molecule has 2 heterocycles. The average Bonchev–Trinajstić information content (AvgIpc) is 3.46. The van der Waals surface area contributed by atoms with Gasteiger partial charge in [0.2, 0.25) is 0 Å². The maximum atomic E-state index is 12.2. The Morgan fingerprint density at radius 2 is 1.26 bits per heavy atom. The van der Waals surface area contributed by atoms with Crippen LogP contribution in [0.25, 0.3) is 61.4 Å². The number of pyridine rings is 1. The van der Waals surface area contributed by atoms with E-state index in [1.807, 2.05) is 48.5 Å². The molecule has 0 aliphatic heterocycles. The van der Waals surface area contributed by atoms with Crippen LogP contribution in [0.4, 0.5) is 0 Å². The molecule has 5 aromatic carbocycles. The number of para-hydroxylation sites is 4. The predicted octanol–water partition coefficient (Wildman–Crippen LogP) is 11.7. The molecular weight excluding hydrogens is 574 g/mol. The molecule has 4 nitrogen and oxygen atoms in total. The van der Waals surface area contributed by atoms with E-state index in [-0.39, 0.29) is 5.75 Å². The second-order valence-electron chi connectivity index (χ2n) is 13.4. The van der Waals surface area contributed by atoms with E-state index in [4.69, 9.17) is 9.97 Å². The number of aromatic nitrogens is 3. The minimum atomic E-state index is 0.169. The maximum absolute atomic E-state index is 12.2. The Kier molecular flexibility index (Phi) is 7.89. The number of hydrogen-bond acceptors (Lipinski definition) is 3. The van der Waals surface area contributed by atoms with Gasteiger partial charge in [0, 0.05) is 16.5 Å². The van der Waals surface area contributed by atoms with Gasteiger partial charge >= 0.3 is 0 Å². The van der Waals surface area contributed by atoms with Crippen molar-refractivity contribution in [2.75, 3.05) is 0 Å². The van der Waals surface area contributed by atoms with Crippen LogP contribution in [0.15, 0.2) is 115 Å². The van der Waals surface area contributed by atoms with Crippen molar-refractivity contribution in [1.82, 2.24) is 14.5 Å². The number of imidazole rings is 1. The molecule has 0 amide bonds. The maximum Gasteiger partial charge on any atom is 0.149 e. The van der Waals surface area contributed by atoms with Gasteiger partial charge in [0.1, 0.15) is 11.6 Å². The summed E-state index contributed by atoms with van der Waals surface area (Å²) in [6, 6.07) is 39.8. The number of benzene rings is 5. The molecule has 1 N–H and O–H groups in total. The molecule has 47 heavy (non-hydrogen) atoms. The van der Waals surface area contributed by atoms with Gasteiger partial charge in [-0.05, 0) is 70.2 Å². The summed E-state index contributed by atoms with van der Waals surface area (Å²) in [5.41, 5.74) is 10.8. The molecule has 7 aromatic rings. The predicted molar refractivity (Wildman–Crippen MR) is 197 cm³/mol. The molecule has 4 heteroatoms. The molecule has 0 unspecified atom stereocenters. The van der Waals surface area contributed by atoms with Crippen LogP contribution >= 0.6 is 0 Å². The lowest BCUT2D eigenvalue weighted by molar-refractivity contribution is 0.478. The Balaban J connectivity index is 1.50. The summed E-state index contributed by atoms with van der Waals surface area (Å²) in [6.07, 6.45) is 0.